The third-order valence-electron chi connectivity index (χ3n) is 2.66. The first-order valence-corrected chi connectivity index (χ1v) is 6.46. The predicted molar refractivity (Wildman–Crippen MR) is 79.9 cm³/mol. The molecule has 0 unspecified atom stereocenters. The number of carboxylic acids is 1. The number of benzene rings is 1. The smallest absolute Gasteiger partial charge is 0.322 e. The van der Waals surface area contributed by atoms with Gasteiger partial charge < -0.3 is 10.4 Å². The van der Waals surface area contributed by atoms with Crippen LogP contribution in [0.4, 0.5) is 4.39 Å². The van der Waals surface area contributed by atoms with Crippen molar-refractivity contribution >= 4 is 24.3 Å². The summed E-state index contributed by atoms with van der Waals surface area (Å²) in [5.41, 5.74) is 0.908. The number of hydrogen-bond acceptors (Lipinski definition) is 3. The Labute approximate surface area is 129 Å². The van der Waals surface area contributed by atoms with E-state index in [1.807, 2.05) is 11.8 Å². The minimum absolute atomic E-state index is 0. The summed E-state index contributed by atoms with van der Waals surface area (Å²) in [6.07, 6.45) is 0.868. The van der Waals surface area contributed by atoms with E-state index in [0.29, 0.717) is 13.1 Å². The number of nitrogens with zero attached hydrogens (tertiary/aromatic N) is 1. The van der Waals surface area contributed by atoms with Crippen LogP contribution in [0.3, 0.4) is 0 Å². The summed E-state index contributed by atoms with van der Waals surface area (Å²) < 4.78 is 12.8. The Morgan fingerprint density at radius 1 is 1.29 bits per heavy atom. The van der Waals surface area contributed by atoms with Crippen molar-refractivity contribution in [3.63, 3.8) is 0 Å². The first kappa shape index (κ1) is 19.3. The predicted octanol–water partition coefficient (Wildman–Crippen LogP) is 1.66. The molecule has 1 rings (SSSR count). The van der Waals surface area contributed by atoms with Crippen LogP contribution in [0.2, 0.25) is 0 Å². The summed E-state index contributed by atoms with van der Waals surface area (Å²) in [6.45, 7) is 2.97. The van der Waals surface area contributed by atoms with Crippen LogP contribution < -0.4 is 5.32 Å². The number of carbonyl (C=O) groups is 2. The van der Waals surface area contributed by atoms with Crippen molar-refractivity contribution in [2.75, 3.05) is 19.6 Å². The molecule has 0 aliphatic carbocycles. The lowest BCUT2D eigenvalue weighted by Crippen LogP contribution is -2.39. The highest BCUT2D eigenvalue weighted by molar-refractivity contribution is 5.85. The summed E-state index contributed by atoms with van der Waals surface area (Å²) in [5, 5.41) is 10.8. The zero-order valence-electron chi connectivity index (χ0n) is 11.8. The number of rotatable bonds is 8. The number of nitrogens with one attached hydrogen (secondary N) is 1. The molecular formula is C14H20ClFN2O3. The molecule has 0 aromatic heterocycles. The van der Waals surface area contributed by atoms with Crippen LogP contribution in [0.15, 0.2) is 24.3 Å². The topological polar surface area (TPSA) is 69.6 Å². The minimum atomic E-state index is -1.07. The summed E-state index contributed by atoms with van der Waals surface area (Å²) >= 11 is 0. The molecule has 0 saturated carbocycles. The van der Waals surface area contributed by atoms with Gasteiger partial charge in [-0.1, -0.05) is 19.1 Å². The molecule has 21 heavy (non-hydrogen) atoms. The van der Waals surface area contributed by atoms with Gasteiger partial charge in [0.1, 0.15) is 12.4 Å². The van der Waals surface area contributed by atoms with Crippen molar-refractivity contribution < 1.29 is 19.1 Å². The van der Waals surface area contributed by atoms with E-state index in [-0.39, 0.29) is 37.2 Å². The third kappa shape index (κ3) is 8.27. The summed E-state index contributed by atoms with van der Waals surface area (Å²) in [7, 11) is 0. The maximum Gasteiger partial charge on any atom is 0.322 e. The molecule has 0 aliphatic heterocycles. The molecule has 0 aliphatic rings. The van der Waals surface area contributed by atoms with Crippen LogP contribution in [-0.2, 0) is 16.1 Å². The molecule has 5 nitrogen and oxygen atoms in total. The average Bonchev–Trinajstić information content (AvgIpc) is 2.39. The highest BCUT2D eigenvalue weighted by Crippen LogP contribution is 2.07. The van der Waals surface area contributed by atoms with Crippen molar-refractivity contribution in [2.24, 2.45) is 0 Å². The van der Waals surface area contributed by atoms with E-state index in [4.69, 9.17) is 5.11 Å². The Bertz CT molecular complexity index is 454. The number of halogens is 2. The molecule has 0 atom stereocenters. The van der Waals surface area contributed by atoms with Crippen LogP contribution in [0.25, 0.3) is 0 Å². The van der Waals surface area contributed by atoms with Gasteiger partial charge in [0.15, 0.2) is 0 Å². The van der Waals surface area contributed by atoms with E-state index in [0.717, 1.165) is 12.0 Å². The number of amides is 1. The molecule has 0 bridgehead atoms. The third-order valence-corrected chi connectivity index (χ3v) is 2.66. The molecule has 0 radical (unpaired) electrons. The van der Waals surface area contributed by atoms with E-state index in [2.05, 4.69) is 5.32 Å². The number of hydrogen-bond donors (Lipinski definition) is 2. The SMILES string of the molecule is CCCN(CC(=O)NCC(=O)O)Cc1ccc(F)cc1.Cl. The minimum Gasteiger partial charge on any atom is -0.480 e. The zero-order valence-corrected chi connectivity index (χ0v) is 12.7. The molecule has 0 saturated heterocycles. The fraction of sp³-hybridized carbons (Fsp3) is 0.429. The summed E-state index contributed by atoms with van der Waals surface area (Å²) in [6, 6.07) is 6.11. The van der Waals surface area contributed by atoms with Crippen LogP contribution in [-0.4, -0.2) is 41.5 Å². The maximum atomic E-state index is 12.8. The van der Waals surface area contributed by atoms with E-state index >= 15 is 0 Å². The Hall–Kier alpha value is -1.66. The normalized spacial score (nSPS) is 10.0. The van der Waals surface area contributed by atoms with Crippen molar-refractivity contribution in [3.8, 4) is 0 Å². The molecule has 1 aromatic carbocycles. The van der Waals surface area contributed by atoms with Crippen molar-refractivity contribution in [2.45, 2.75) is 19.9 Å². The number of carbonyl (C=O) groups excluding carboxylic acids is 1. The second-order valence-corrected chi connectivity index (χ2v) is 4.51. The molecule has 118 valence electrons. The van der Waals surface area contributed by atoms with Crippen molar-refractivity contribution in [3.05, 3.63) is 35.6 Å². The van der Waals surface area contributed by atoms with Gasteiger partial charge in [0.2, 0.25) is 5.91 Å². The van der Waals surface area contributed by atoms with Gasteiger partial charge in [-0.2, -0.15) is 0 Å². The summed E-state index contributed by atoms with van der Waals surface area (Å²) in [4.78, 5) is 23.9. The quantitative estimate of drug-likeness (QED) is 0.765. The molecule has 0 fully saturated rings. The van der Waals surface area contributed by atoms with Gasteiger partial charge >= 0.3 is 5.97 Å². The Balaban J connectivity index is 0.00000400. The highest BCUT2D eigenvalue weighted by Gasteiger charge is 2.11. The molecule has 1 aromatic rings. The Morgan fingerprint density at radius 2 is 1.90 bits per heavy atom. The van der Waals surface area contributed by atoms with Crippen LogP contribution in [0, 0.1) is 5.82 Å². The van der Waals surface area contributed by atoms with Crippen LogP contribution in [0.1, 0.15) is 18.9 Å². The molecule has 7 heteroatoms. The van der Waals surface area contributed by atoms with Gasteiger partial charge in [-0.25, -0.2) is 4.39 Å². The first-order valence-electron chi connectivity index (χ1n) is 6.46. The second-order valence-electron chi connectivity index (χ2n) is 4.51. The Kier molecular flexibility index (Phi) is 9.32. The number of aliphatic carboxylic acids is 1. The lowest BCUT2D eigenvalue weighted by atomic mass is 10.2. The molecule has 1 amide bonds. The highest BCUT2D eigenvalue weighted by atomic mass is 35.5. The van der Waals surface area contributed by atoms with Crippen molar-refractivity contribution in [1.82, 2.24) is 10.2 Å². The van der Waals surface area contributed by atoms with E-state index < -0.39 is 5.97 Å². The van der Waals surface area contributed by atoms with Gasteiger partial charge in [0.25, 0.3) is 0 Å². The molecule has 0 heterocycles. The lowest BCUT2D eigenvalue weighted by Gasteiger charge is -2.21. The standard InChI is InChI=1S/C14H19FN2O3.ClH/c1-2-7-17(10-13(18)16-8-14(19)20)9-11-3-5-12(15)6-4-11;/h3-6H,2,7-10H2,1H3,(H,16,18)(H,19,20);1H. The van der Waals surface area contributed by atoms with Gasteiger partial charge in [-0.15, -0.1) is 12.4 Å². The Morgan fingerprint density at radius 3 is 2.43 bits per heavy atom. The van der Waals surface area contributed by atoms with Gasteiger partial charge in [0, 0.05) is 6.54 Å². The fourth-order valence-corrected chi connectivity index (χ4v) is 1.81. The maximum absolute atomic E-state index is 12.8. The summed E-state index contributed by atoms with van der Waals surface area (Å²) in [5.74, 6) is -1.70. The van der Waals surface area contributed by atoms with E-state index in [9.17, 15) is 14.0 Å². The second kappa shape index (κ2) is 10.1. The first-order chi connectivity index (χ1) is 9.51. The average molecular weight is 319 g/mol. The molecule has 0 spiro atoms. The largest absolute Gasteiger partial charge is 0.480 e. The van der Waals surface area contributed by atoms with Gasteiger partial charge in [-0.3, -0.25) is 14.5 Å². The van der Waals surface area contributed by atoms with E-state index in [1.165, 1.54) is 12.1 Å². The van der Waals surface area contributed by atoms with Gasteiger partial charge in [-0.05, 0) is 30.7 Å². The number of carboxylic acid groups (broad SMARTS) is 1. The molecular weight excluding hydrogens is 299 g/mol. The van der Waals surface area contributed by atoms with Gasteiger partial charge in [0.05, 0.1) is 6.54 Å². The van der Waals surface area contributed by atoms with Crippen molar-refractivity contribution in [1.29, 1.82) is 0 Å². The monoisotopic (exact) mass is 318 g/mol. The molecule has 2 N–H and O–H groups in total. The fourth-order valence-electron chi connectivity index (χ4n) is 1.81. The van der Waals surface area contributed by atoms with Crippen LogP contribution in [0.5, 0.6) is 0 Å². The van der Waals surface area contributed by atoms with E-state index in [1.54, 1.807) is 12.1 Å². The van der Waals surface area contributed by atoms with Crippen LogP contribution >= 0.6 is 12.4 Å². The lowest BCUT2D eigenvalue weighted by molar-refractivity contribution is -0.138. The zero-order chi connectivity index (χ0) is 15.0.